The van der Waals surface area contributed by atoms with Gasteiger partial charge in [-0.15, -0.1) is 0 Å². The Labute approximate surface area is 105 Å². The predicted octanol–water partition coefficient (Wildman–Crippen LogP) is 3.79. The fourth-order valence-electron chi connectivity index (χ4n) is 2.20. The summed E-state index contributed by atoms with van der Waals surface area (Å²) in [6.07, 6.45) is 0. The molecule has 3 aromatic rings. The van der Waals surface area contributed by atoms with Crippen LogP contribution in [0.25, 0.3) is 21.9 Å². The van der Waals surface area contributed by atoms with E-state index in [-0.39, 0.29) is 5.75 Å². The number of hydrogen-bond donors (Lipinski definition) is 2. The van der Waals surface area contributed by atoms with Crippen LogP contribution < -0.4 is 5.73 Å². The van der Waals surface area contributed by atoms with E-state index >= 15 is 0 Å². The molecule has 0 unspecified atom stereocenters. The molecule has 0 radical (unpaired) electrons. The van der Waals surface area contributed by atoms with Crippen LogP contribution in [-0.2, 0) is 0 Å². The summed E-state index contributed by atoms with van der Waals surface area (Å²) in [5.74, 6) is 0.278. The minimum absolute atomic E-state index is 0.278. The maximum atomic E-state index is 9.80. The van der Waals surface area contributed by atoms with E-state index in [0.717, 1.165) is 27.6 Å². The van der Waals surface area contributed by atoms with Gasteiger partial charge in [0.2, 0.25) is 0 Å². The first kappa shape index (κ1) is 10.7. The first-order chi connectivity index (χ1) is 8.74. The molecule has 2 nitrogen and oxygen atoms in total. The van der Waals surface area contributed by atoms with Crippen LogP contribution in [0.2, 0.25) is 0 Å². The number of nitrogens with two attached hydrogens (primary N) is 1. The number of aromatic hydroxyl groups is 1. The molecule has 3 N–H and O–H groups in total. The molecule has 0 bridgehead atoms. The summed E-state index contributed by atoms with van der Waals surface area (Å²) < 4.78 is 0. The summed E-state index contributed by atoms with van der Waals surface area (Å²) in [7, 11) is 0. The van der Waals surface area contributed by atoms with Gasteiger partial charge in [-0.2, -0.15) is 0 Å². The van der Waals surface area contributed by atoms with Crippen LogP contribution in [0, 0.1) is 0 Å². The molecule has 0 heterocycles. The van der Waals surface area contributed by atoms with E-state index in [1.165, 1.54) is 0 Å². The van der Waals surface area contributed by atoms with Crippen LogP contribution in [0.15, 0.2) is 60.7 Å². The number of hydrogen-bond acceptors (Lipinski definition) is 2. The van der Waals surface area contributed by atoms with Crippen molar-refractivity contribution >= 4 is 16.5 Å². The molecule has 0 saturated heterocycles. The van der Waals surface area contributed by atoms with Crippen LogP contribution in [-0.4, -0.2) is 5.11 Å². The number of fused-ring (bicyclic) bond motifs is 1. The van der Waals surface area contributed by atoms with E-state index in [1.54, 1.807) is 12.1 Å². The highest BCUT2D eigenvalue weighted by Crippen LogP contribution is 2.32. The molecule has 0 spiro atoms. The molecule has 0 aromatic heterocycles. The Morgan fingerprint density at radius 2 is 1.56 bits per heavy atom. The Kier molecular flexibility index (Phi) is 2.41. The van der Waals surface area contributed by atoms with Crippen molar-refractivity contribution in [1.29, 1.82) is 0 Å². The molecule has 0 fully saturated rings. The highest BCUT2D eigenvalue weighted by atomic mass is 16.3. The van der Waals surface area contributed by atoms with Crippen molar-refractivity contribution in [3.63, 3.8) is 0 Å². The Morgan fingerprint density at radius 3 is 2.33 bits per heavy atom. The number of phenolic OH excluding ortho intramolecular Hbond substituents is 1. The lowest BCUT2D eigenvalue weighted by Crippen LogP contribution is -1.85. The number of nitrogen functional groups attached to an aromatic ring is 1. The second-order valence-electron chi connectivity index (χ2n) is 4.34. The molecule has 0 aliphatic heterocycles. The van der Waals surface area contributed by atoms with Gasteiger partial charge in [0.05, 0.1) is 0 Å². The van der Waals surface area contributed by atoms with Gasteiger partial charge in [0.15, 0.2) is 0 Å². The van der Waals surface area contributed by atoms with Crippen LogP contribution in [0.5, 0.6) is 5.75 Å². The second kappa shape index (κ2) is 4.08. The summed E-state index contributed by atoms with van der Waals surface area (Å²) in [6, 6.07) is 19.3. The molecule has 0 saturated carbocycles. The van der Waals surface area contributed by atoms with Crippen LogP contribution in [0.1, 0.15) is 0 Å². The first-order valence-corrected chi connectivity index (χ1v) is 5.82. The lowest BCUT2D eigenvalue weighted by Gasteiger charge is -2.08. The van der Waals surface area contributed by atoms with Gasteiger partial charge in [-0.05, 0) is 46.2 Å². The zero-order valence-electron chi connectivity index (χ0n) is 9.80. The topological polar surface area (TPSA) is 46.2 Å². The summed E-state index contributed by atoms with van der Waals surface area (Å²) in [5.41, 5.74) is 8.51. The van der Waals surface area contributed by atoms with Crippen LogP contribution in [0.3, 0.4) is 0 Å². The van der Waals surface area contributed by atoms with Gasteiger partial charge in [-0.25, -0.2) is 0 Å². The van der Waals surface area contributed by atoms with Gasteiger partial charge in [0.1, 0.15) is 5.75 Å². The third kappa shape index (κ3) is 1.78. The molecule has 88 valence electrons. The van der Waals surface area contributed by atoms with E-state index in [1.807, 2.05) is 42.5 Å². The highest BCUT2D eigenvalue weighted by molar-refractivity contribution is 5.97. The number of anilines is 1. The van der Waals surface area contributed by atoms with Crippen molar-refractivity contribution in [1.82, 2.24) is 0 Å². The molecule has 0 atom stereocenters. The molecule has 3 aromatic carbocycles. The van der Waals surface area contributed by atoms with E-state index in [9.17, 15) is 5.11 Å². The van der Waals surface area contributed by atoms with Gasteiger partial charge in [0, 0.05) is 5.69 Å². The maximum absolute atomic E-state index is 9.80. The zero-order valence-corrected chi connectivity index (χ0v) is 9.80. The third-order valence-electron chi connectivity index (χ3n) is 3.07. The first-order valence-electron chi connectivity index (χ1n) is 5.82. The Bertz CT molecular complexity index is 702. The predicted molar refractivity (Wildman–Crippen MR) is 75.5 cm³/mol. The number of benzene rings is 3. The Morgan fingerprint density at radius 1 is 0.833 bits per heavy atom. The van der Waals surface area contributed by atoms with Crippen molar-refractivity contribution in [2.45, 2.75) is 0 Å². The second-order valence-corrected chi connectivity index (χ2v) is 4.34. The lowest BCUT2D eigenvalue weighted by molar-refractivity contribution is 0.476. The summed E-state index contributed by atoms with van der Waals surface area (Å²) >= 11 is 0. The maximum Gasteiger partial charge on any atom is 0.116 e. The lowest BCUT2D eigenvalue weighted by atomic mass is 9.98. The van der Waals surface area contributed by atoms with Gasteiger partial charge in [0.25, 0.3) is 0 Å². The molecule has 0 aliphatic carbocycles. The van der Waals surface area contributed by atoms with Crippen molar-refractivity contribution in [2.24, 2.45) is 0 Å². The monoisotopic (exact) mass is 235 g/mol. The molecule has 18 heavy (non-hydrogen) atoms. The van der Waals surface area contributed by atoms with Crippen LogP contribution in [0.4, 0.5) is 5.69 Å². The minimum atomic E-state index is 0.278. The van der Waals surface area contributed by atoms with Gasteiger partial charge >= 0.3 is 0 Å². The quantitative estimate of drug-likeness (QED) is 0.630. The SMILES string of the molecule is Nc1ccc(-c2cc(O)cc3ccccc23)cc1. The van der Waals surface area contributed by atoms with Crippen molar-refractivity contribution < 1.29 is 5.11 Å². The molecule has 0 amide bonds. The van der Waals surface area contributed by atoms with E-state index in [4.69, 9.17) is 5.73 Å². The largest absolute Gasteiger partial charge is 0.508 e. The standard InChI is InChI=1S/C16H13NO/c17-13-7-5-11(6-8-13)16-10-14(18)9-12-3-1-2-4-15(12)16/h1-10,18H,17H2. The molecule has 2 heteroatoms. The van der Waals surface area contributed by atoms with Crippen LogP contribution >= 0.6 is 0 Å². The van der Waals surface area contributed by atoms with Crippen molar-refractivity contribution in [2.75, 3.05) is 5.73 Å². The smallest absolute Gasteiger partial charge is 0.116 e. The van der Waals surface area contributed by atoms with Crippen molar-refractivity contribution in [3.8, 4) is 16.9 Å². The fourth-order valence-corrected chi connectivity index (χ4v) is 2.20. The van der Waals surface area contributed by atoms with E-state index in [2.05, 4.69) is 6.07 Å². The third-order valence-corrected chi connectivity index (χ3v) is 3.07. The molecular weight excluding hydrogens is 222 g/mol. The summed E-state index contributed by atoms with van der Waals surface area (Å²) in [5, 5.41) is 12.0. The summed E-state index contributed by atoms with van der Waals surface area (Å²) in [6.45, 7) is 0. The Hall–Kier alpha value is -2.48. The van der Waals surface area contributed by atoms with Gasteiger partial charge < -0.3 is 10.8 Å². The molecule has 0 aliphatic rings. The van der Waals surface area contributed by atoms with Crippen molar-refractivity contribution in [3.05, 3.63) is 60.7 Å². The molecule has 3 rings (SSSR count). The Balaban J connectivity index is 2.31. The number of phenols is 1. The highest BCUT2D eigenvalue weighted by Gasteiger charge is 2.05. The minimum Gasteiger partial charge on any atom is -0.508 e. The average Bonchev–Trinajstić information content (AvgIpc) is 2.38. The fraction of sp³-hybridized carbons (Fsp3) is 0. The number of rotatable bonds is 1. The normalized spacial score (nSPS) is 10.7. The zero-order chi connectivity index (χ0) is 12.5. The van der Waals surface area contributed by atoms with E-state index < -0.39 is 0 Å². The molecular formula is C16H13NO. The van der Waals surface area contributed by atoms with Gasteiger partial charge in [-0.1, -0.05) is 36.4 Å². The van der Waals surface area contributed by atoms with E-state index in [0.29, 0.717) is 0 Å². The average molecular weight is 235 g/mol. The summed E-state index contributed by atoms with van der Waals surface area (Å²) in [4.78, 5) is 0. The van der Waals surface area contributed by atoms with Gasteiger partial charge in [-0.3, -0.25) is 0 Å².